The Hall–Kier alpha value is -4.65. The number of phenols is 1. The van der Waals surface area contributed by atoms with Crippen LogP contribution in [0.25, 0.3) is 12.2 Å². The van der Waals surface area contributed by atoms with E-state index in [4.69, 9.17) is 4.74 Å². The number of amides is 2. The zero-order valence-corrected chi connectivity index (χ0v) is 22.2. The van der Waals surface area contributed by atoms with Crippen molar-refractivity contribution < 1.29 is 24.2 Å². The summed E-state index contributed by atoms with van der Waals surface area (Å²) in [6.45, 7) is 0. The maximum Gasteiger partial charge on any atom is 0.331 e. The number of benzene rings is 3. The number of nitrogens with one attached hydrogen (secondary N) is 2. The van der Waals surface area contributed by atoms with Gasteiger partial charge in [-0.15, -0.1) is 0 Å². The van der Waals surface area contributed by atoms with Gasteiger partial charge in [0.15, 0.2) is 0 Å². The Balaban J connectivity index is 1.59. The van der Waals surface area contributed by atoms with E-state index < -0.39 is 29.9 Å². The summed E-state index contributed by atoms with van der Waals surface area (Å²) in [4.78, 5) is 39.6. The fourth-order valence-corrected chi connectivity index (χ4v) is 4.69. The number of hydrogen-bond acceptors (Lipinski definition) is 5. The largest absolute Gasteiger partial charge is 0.508 e. The third kappa shape index (κ3) is 8.70. The Bertz CT molecular complexity index is 1330. The molecule has 2 amide bonds. The number of aromatic hydroxyl groups is 1. The van der Waals surface area contributed by atoms with Gasteiger partial charge in [0.1, 0.15) is 11.8 Å². The Labute approximate surface area is 234 Å². The molecule has 1 aliphatic carbocycles. The van der Waals surface area contributed by atoms with E-state index in [2.05, 4.69) is 10.6 Å². The molecular formula is C33H34N2O5. The molecule has 3 N–H and O–H groups in total. The summed E-state index contributed by atoms with van der Waals surface area (Å²) in [6, 6.07) is 23.8. The summed E-state index contributed by atoms with van der Waals surface area (Å²) in [6.07, 6.45) is 9.32. The van der Waals surface area contributed by atoms with Crippen LogP contribution in [0.4, 0.5) is 0 Å². The minimum Gasteiger partial charge on any atom is -0.508 e. The fraction of sp³-hybridized carbons (Fsp3) is 0.242. The number of ether oxygens (including phenoxy) is 1. The monoisotopic (exact) mass is 538 g/mol. The molecule has 0 aromatic heterocycles. The first-order valence-electron chi connectivity index (χ1n) is 13.5. The molecule has 3 aromatic carbocycles. The molecule has 0 aliphatic heterocycles. The molecule has 0 heterocycles. The maximum absolute atomic E-state index is 13.6. The molecule has 1 fully saturated rings. The Kier molecular flexibility index (Phi) is 10.3. The summed E-state index contributed by atoms with van der Waals surface area (Å²) in [5.41, 5.74) is 2.07. The zero-order chi connectivity index (χ0) is 28.2. The maximum atomic E-state index is 13.6. The molecule has 0 radical (unpaired) electrons. The molecule has 0 saturated heterocycles. The summed E-state index contributed by atoms with van der Waals surface area (Å²) in [5, 5.41) is 15.6. The van der Waals surface area contributed by atoms with Crippen LogP contribution in [0.1, 0.15) is 54.8 Å². The van der Waals surface area contributed by atoms with Crippen molar-refractivity contribution in [2.75, 3.05) is 0 Å². The number of phenolic OH excluding ortho intramolecular Hbond substituents is 1. The smallest absolute Gasteiger partial charge is 0.331 e. The van der Waals surface area contributed by atoms with Crippen molar-refractivity contribution in [3.63, 3.8) is 0 Å². The van der Waals surface area contributed by atoms with Crippen molar-refractivity contribution in [2.45, 2.75) is 50.3 Å². The molecule has 1 saturated carbocycles. The second-order valence-electron chi connectivity index (χ2n) is 9.77. The van der Waals surface area contributed by atoms with Gasteiger partial charge in [-0.05, 0) is 53.8 Å². The third-order valence-electron chi connectivity index (χ3n) is 6.72. The lowest BCUT2D eigenvalue weighted by Gasteiger charge is -2.30. The van der Waals surface area contributed by atoms with Crippen LogP contribution in [0.15, 0.2) is 97.1 Å². The van der Waals surface area contributed by atoms with E-state index in [1.807, 2.05) is 36.4 Å². The third-order valence-corrected chi connectivity index (χ3v) is 6.72. The number of hydrogen-bond donors (Lipinski definition) is 3. The van der Waals surface area contributed by atoms with Crippen LogP contribution in [0.2, 0.25) is 0 Å². The summed E-state index contributed by atoms with van der Waals surface area (Å²) >= 11 is 0. The fourth-order valence-electron chi connectivity index (χ4n) is 4.69. The van der Waals surface area contributed by atoms with Gasteiger partial charge in [0.25, 0.3) is 5.91 Å². The predicted octanol–water partition coefficient (Wildman–Crippen LogP) is 5.34. The van der Waals surface area contributed by atoms with Gasteiger partial charge in [0, 0.05) is 18.2 Å². The van der Waals surface area contributed by atoms with Crippen LogP contribution >= 0.6 is 0 Å². The van der Waals surface area contributed by atoms with Crippen molar-refractivity contribution in [2.24, 2.45) is 0 Å². The zero-order valence-electron chi connectivity index (χ0n) is 22.2. The van der Waals surface area contributed by atoms with Gasteiger partial charge in [-0.2, -0.15) is 0 Å². The van der Waals surface area contributed by atoms with Crippen molar-refractivity contribution in [1.82, 2.24) is 10.6 Å². The van der Waals surface area contributed by atoms with Crippen LogP contribution in [0.5, 0.6) is 5.75 Å². The minimum atomic E-state index is -1.32. The number of carbonyl (C=O) groups excluding carboxylic acids is 3. The molecule has 2 atom stereocenters. The molecule has 0 bridgehead atoms. The molecule has 4 rings (SSSR count). The molecule has 7 nitrogen and oxygen atoms in total. The lowest BCUT2D eigenvalue weighted by Crippen LogP contribution is -2.50. The lowest BCUT2D eigenvalue weighted by atomic mass is 9.94. The molecule has 7 heteroatoms. The van der Waals surface area contributed by atoms with Crippen LogP contribution < -0.4 is 10.6 Å². The summed E-state index contributed by atoms with van der Waals surface area (Å²) in [5.74, 6) is -1.58. The SMILES string of the molecule is O=C(/C=C/c1ccccc1)N[C@@H](c1ccccc1)[C@@H](OC(=O)/C=C/c1cccc(O)c1)C(=O)NC1CCCCC1. The predicted molar refractivity (Wildman–Crippen MR) is 155 cm³/mol. The molecule has 0 unspecified atom stereocenters. The van der Waals surface area contributed by atoms with E-state index in [9.17, 15) is 19.5 Å². The van der Waals surface area contributed by atoms with E-state index in [-0.39, 0.29) is 11.8 Å². The van der Waals surface area contributed by atoms with Gasteiger partial charge >= 0.3 is 5.97 Å². The van der Waals surface area contributed by atoms with Gasteiger partial charge < -0.3 is 20.5 Å². The highest BCUT2D eigenvalue weighted by atomic mass is 16.5. The van der Waals surface area contributed by atoms with Gasteiger partial charge in [-0.25, -0.2) is 4.79 Å². The van der Waals surface area contributed by atoms with Gasteiger partial charge in [-0.3, -0.25) is 9.59 Å². The molecule has 40 heavy (non-hydrogen) atoms. The first-order chi connectivity index (χ1) is 19.5. The molecule has 1 aliphatic rings. The molecule has 206 valence electrons. The van der Waals surface area contributed by atoms with Gasteiger partial charge in [0.2, 0.25) is 12.0 Å². The highest BCUT2D eigenvalue weighted by Crippen LogP contribution is 2.23. The molecule has 3 aromatic rings. The number of esters is 1. The van der Waals surface area contributed by atoms with Crippen molar-refractivity contribution >= 4 is 29.9 Å². The van der Waals surface area contributed by atoms with Crippen LogP contribution in [-0.4, -0.2) is 35.0 Å². The highest BCUT2D eigenvalue weighted by molar-refractivity contribution is 5.94. The average Bonchev–Trinajstić information content (AvgIpc) is 2.98. The Morgan fingerprint density at radius 1 is 0.800 bits per heavy atom. The van der Waals surface area contributed by atoms with E-state index in [0.717, 1.165) is 37.7 Å². The second kappa shape index (κ2) is 14.5. The van der Waals surface area contributed by atoms with Crippen molar-refractivity contribution in [1.29, 1.82) is 0 Å². The summed E-state index contributed by atoms with van der Waals surface area (Å²) in [7, 11) is 0. The first kappa shape index (κ1) is 28.4. The van der Waals surface area contributed by atoms with Crippen LogP contribution in [0, 0.1) is 0 Å². The molecular weight excluding hydrogens is 504 g/mol. The standard InChI is InChI=1S/C33H34N2O5/c36-28-18-10-13-25(23-28)20-22-30(38)40-32(33(39)34-27-16-8-3-9-17-27)31(26-14-6-2-7-15-26)35-29(37)21-19-24-11-4-1-5-12-24/h1-2,4-7,10-15,18-23,27,31-32,36H,3,8-9,16-17H2,(H,34,39)(H,35,37)/b21-19+,22-20+/t31-,32+/m0/s1. The van der Waals surface area contributed by atoms with E-state index in [1.54, 1.807) is 42.5 Å². The van der Waals surface area contributed by atoms with Crippen molar-refractivity contribution in [3.8, 4) is 5.75 Å². The Morgan fingerprint density at radius 2 is 1.45 bits per heavy atom. The number of rotatable bonds is 10. The van der Waals surface area contributed by atoms with Gasteiger partial charge in [0.05, 0.1) is 0 Å². The van der Waals surface area contributed by atoms with E-state index >= 15 is 0 Å². The Morgan fingerprint density at radius 3 is 2.15 bits per heavy atom. The summed E-state index contributed by atoms with van der Waals surface area (Å²) < 4.78 is 5.75. The quantitative estimate of drug-likeness (QED) is 0.239. The average molecular weight is 539 g/mol. The topological polar surface area (TPSA) is 105 Å². The van der Waals surface area contributed by atoms with Gasteiger partial charge in [-0.1, -0.05) is 92.1 Å². The van der Waals surface area contributed by atoms with Crippen LogP contribution in [0.3, 0.4) is 0 Å². The van der Waals surface area contributed by atoms with Crippen LogP contribution in [-0.2, 0) is 19.1 Å². The second-order valence-corrected chi connectivity index (χ2v) is 9.77. The first-order valence-corrected chi connectivity index (χ1v) is 13.5. The molecule has 0 spiro atoms. The van der Waals surface area contributed by atoms with E-state index in [0.29, 0.717) is 11.1 Å². The lowest BCUT2D eigenvalue weighted by molar-refractivity contribution is -0.154. The number of carbonyl (C=O) groups is 3. The minimum absolute atomic E-state index is 0.0182. The normalized spacial score (nSPS) is 15.4. The highest BCUT2D eigenvalue weighted by Gasteiger charge is 2.35. The van der Waals surface area contributed by atoms with Crippen molar-refractivity contribution in [3.05, 3.63) is 114 Å². The van der Waals surface area contributed by atoms with E-state index in [1.165, 1.54) is 30.4 Å².